The van der Waals surface area contributed by atoms with Crippen molar-refractivity contribution in [1.29, 1.82) is 0 Å². The highest BCUT2D eigenvalue weighted by atomic mass is 79.9. The highest BCUT2D eigenvalue weighted by Gasteiger charge is 2.05. The Balaban J connectivity index is 2.83. The highest BCUT2D eigenvalue weighted by molar-refractivity contribution is 9.08. The molecule has 2 N–H and O–H groups in total. The van der Waals surface area contributed by atoms with Crippen LogP contribution in [0.5, 0.6) is 0 Å². The van der Waals surface area contributed by atoms with Crippen molar-refractivity contribution >= 4 is 39.0 Å². The molecule has 0 saturated heterocycles. The van der Waals surface area contributed by atoms with Gasteiger partial charge < -0.3 is 5.73 Å². The Hall–Kier alpha value is -0.540. The quantitative estimate of drug-likeness (QED) is 0.678. The van der Waals surface area contributed by atoms with Crippen LogP contribution < -0.4 is 5.73 Å². The number of hydrogen-bond acceptors (Lipinski definition) is 2. The minimum absolute atomic E-state index is 0.00930. The first-order valence-electron chi connectivity index (χ1n) is 4.18. The zero-order valence-corrected chi connectivity index (χ0v) is 9.94. The van der Waals surface area contributed by atoms with Crippen molar-refractivity contribution in [2.75, 3.05) is 11.6 Å². The zero-order chi connectivity index (χ0) is 10.6. The SMILES string of the molecule is Nc1cc(CBr)ccc1CC(=O)CCl. The lowest BCUT2D eigenvalue weighted by molar-refractivity contribution is -0.116. The normalized spacial score (nSPS) is 10.1. The van der Waals surface area contributed by atoms with Crippen LogP contribution in [0, 0.1) is 0 Å². The van der Waals surface area contributed by atoms with Gasteiger partial charge in [-0.05, 0) is 17.2 Å². The lowest BCUT2D eigenvalue weighted by atomic mass is 10.1. The van der Waals surface area contributed by atoms with Gasteiger partial charge in [-0.15, -0.1) is 11.6 Å². The molecule has 1 aromatic carbocycles. The van der Waals surface area contributed by atoms with Crippen molar-refractivity contribution < 1.29 is 4.79 Å². The smallest absolute Gasteiger partial charge is 0.152 e. The van der Waals surface area contributed by atoms with Crippen LogP contribution in [0.3, 0.4) is 0 Å². The van der Waals surface area contributed by atoms with Gasteiger partial charge in [-0.1, -0.05) is 28.1 Å². The molecule has 0 aliphatic heterocycles. The summed E-state index contributed by atoms with van der Waals surface area (Å²) in [5.41, 5.74) is 8.39. The van der Waals surface area contributed by atoms with Gasteiger partial charge in [0.25, 0.3) is 0 Å². The van der Waals surface area contributed by atoms with Crippen LogP contribution in [0.15, 0.2) is 18.2 Å². The summed E-state index contributed by atoms with van der Waals surface area (Å²) in [4.78, 5) is 11.1. The molecule has 0 amide bonds. The number of carbonyl (C=O) groups excluding carboxylic acids is 1. The minimum Gasteiger partial charge on any atom is -0.398 e. The Bertz CT molecular complexity index is 341. The predicted octanol–water partition coefficient (Wildman–Crippen LogP) is 2.51. The molecule has 0 aliphatic rings. The van der Waals surface area contributed by atoms with E-state index in [4.69, 9.17) is 17.3 Å². The average molecular weight is 277 g/mol. The fourth-order valence-electron chi connectivity index (χ4n) is 1.15. The number of anilines is 1. The van der Waals surface area contributed by atoms with Gasteiger partial charge in [0.05, 0.1) is 5.88 Å². The Morgan fingerprint density at radius 1 is 1.50 bits per heavy atom. The number of ketones is 1. The summed E-state index contributed by atoms with van der Waals surface area (Å²) < 4.78 is 0. The van der Waals surface area contributed by atoms with Gasteiger partial charge in [0.1, 0.15) is 0 Å². The van der Waals surface area contributed by atoms with Gasteiger partial charge in [0.2, 0.25) is 0 Å². The van der Waals surface area contributed by atoms with E-state index in [0.717, 1.165) is 16.5 Å². The number of Topliss-reactive ketones (excluding diaryl/α,β-unsaturated/α-hetero) is 1. The summed E-state index contributed by atoms with van der Waals surface area (Å²) in [6.07, 6.45) is 0.317. The molecule has 76 valence electrons. The van der Waals surface area contributed by atoms with E-state index in [1.807, 2.05) is 18.2 Å². The van der Waals surface area contributed by atoms with Crippen molar-refractivity contribution in [2.45, 2.75) is 11.8 Å². The van der Waals surface area contributed by atoms with E-state index in [0.29, 0.717) is 12.1 Å². The number of rotatable bonds is 4. The third kappa shape index (κ3) is 3.00. The number of benzene rings is 1. The molecule has 0 aromatic heterocycles. The fraction of sp³-hybridized carbons (Fsp3) is 0.300. The first-order valence-corrected chi connectivity index (χ1v) is 5.84. The predicted molar refractivity (Wildman–Crippen MR) is 62.9 cm³/mol. The molecular weight excluding hydrogens is 265 g/mol. The first-order chi connectivity index (χ1) is 6.67. The van der Waals surface area contributed by atoms with Crippen molar-refractivity contribution in [3.8, 4) is 0 Å². The standard InChI is InChI=1S/C10H11BrClNO/c11-5-7-1-2-8(10(13)3-7)4-9(14)6-12/h1-3H,4-6,13H2. The maximum absolute atomic E-state index is 11.1. The molecule has 14 heavy (non-hydrogen) atoms. The van der Waals surface area contributed by atoms with Gasteiger partial charge in [-0.2, -0.15) is 0 Å². The lowest BCUT2D eigenvalue weighted by Crippen LogP contribution is -2.06. The number of hydrogen-bond donors (Lipinski definition) is 1. The molecule has 0 fully saturated rings. The average Bonchev–Trinajstić information content (AvgIpc) is 2.20. The Morgan fingerprint density at radius 2 is 2.21 bits per heavy atom. The molecule has 0 aliphatic carbocycles. The molecule has 2 nitrogen and oxygen atoms in total. The number of nitrogen functional groups attached to an aromatic ring is 1. The van der Waals surface area contributed by atoms with Crippen LogP contribution in [0.25, 0.3) is 0 Å². The van der Waals surface area contributed by atoms with E-state index in [1.165, 1.54) is 0 Å². The largest absolute Gasteiger partial charge is 0.398 e. The van der Waals surface area contributed by atoms with Crippen LogP contribution in [-0.2, 0) is 16.5 Å². The lowest BCUT2D eigenvalue weighted by Gasteiger charge is -2.05. The molecule has 4 heteroatoms. The van der Waals surface area contributed by atoms with Crippen LogP contribution in [-0.4, -0.2) is 11.7 Å². The third-order valence-electron chi connectivity index (χ3n) is 1.90. The Morgan fingerprint density at radius 3 is 2.71 bits per heavy atom. The van der Waals surface area contributed by atoms with E-state index in [-0.39, 0.29) is 11.7 Å². The van der Waals surface area contributed by atoms with Crippen molar-refractivity contribution in [2.24, 2.45) is 0 Å². The molecule has 0 radical (unpaired) electrons. The Labute approximate surface area is 96.6 Å². The van der Waals surface area contributed by atoms with Crippen LogP contribution in [0.1, 0.15) is 11.1 Å². The van der Waals surface area contributed by atoms with E-state index in [9.17, 15) is 4.79 Å². The summed E-state index contributed by atoms with van der Waals surface area (Å²) >= 11 is 8.75. The second kappa shape index (κ2) is 5.37. The molecule has 0 spiro atoms. The first kappa shape index (κ1) is 11.5. The maximum atomic E-state index is 11.1. The van der Waals surface area contributed by atoms with Gasteiger partial charge in [-0.25, -0.2) is 0 Å². The number of carbonyl (C=O) groups is 1. The second-order valence-corrected chi connectivity index (χ2v) is 3.84. The number of nitrogens with two attached hydrogens (primary N) is 1. The molecular formula is C10H11BrClNO. The maximum Gasteiger partial charge on any atom is 0.152 e. The summed E-state index contributed by atoms with van der Waals surface area (Å²) in [5, 5.41) is 0.765. The third-order valence-corrected chi connectivity index (χ3v) is 2.85. The van der Waals surface area contributed by atoms with Crippen molar-refractivity contribution in [3.05, 3.63) is 29.3 Å². The summed E-state index contributed by atoms with van der Waals surface area (Å²) in [6.45, 7) is 0. The van der Waals surface area contributed by atoms with Gasteiger partial charge in [0.15, 0.2) is 5.78 Å². The van der Waals surface area contributed by atoms with Gasteiger partial charge >= 0.3 is 0 Å². The summed E-state index contributed by atoms with van der Waals surface area (Å²) in [6, 6.07) is 5.68. The minimum atomic E-state index is -0.00930. The van der Waals surface area contributed by atoms with E-state index in [2.05, 4.69) is 15.9 Å². The topological polar surface area (TPSA) is 43.1 Å². The molecule has 1 rings (SSSR count). The Kier molecular flexibility index (Phi) is 4.42. The molecule has 0 atom stereocenters. The van der Waals surface area contributed by atoms with Gasteiger partial charge in [-0.3, -0.25) is 4.79 Å². The van der Waals surface area contributed by atoms with Crippen LogP contribution in [0.4, 0.5) is 5.69 Å². The van der Waals surface area contributed by atoms with E-state index < -0.39 is 0 Å². The summed E-state index contributed by atoms with van der Waals surface area (Å²) in [5.74, 6) is 0.0320. The molecule has 0 bridgehead atoms. The molecule has 0 heterocycles. The van der Waals surface area contributed by atoms with E-state index in [1.54, 1.807) is 0 Å². The molecule has 0 unspecified atom stereocenters. The molecule has 1 aromatic rings. The number of halogens is 2. The van der Waals surface area contributed by atoms with Crippen molar-refractivity contribution in [1.82, 2.24) is 0 Å². The van der Waals surface area contributed by atoms with Crippen LogP contribution in [0.2, 0.25) is 0 Å². The monoisotopic (exact) mass is 275 g/mol. The second-order valence-electron chi connectivity index (χ2n) is 3.02. The summed E-state index contributed by atoms with van der Waals surface area (Å²) in [7, 11) is 0. The van der Waals surface area contributed by atoms with Gasteiger partial charge in [0, 0.05) is 17.4 Å². The highest BCUT2D eigenvalue weighted by Crippen LogP contribution is 2.17. The van der Waals surface area contributed by atoms with Crippen molar-refractivity contribution in [3.63, 3.8) is 0 Å². The van der Waals surface area contributed by atoms with Crippen LogP contribution >= 0.6 is 27.5 Å². The zero-order valence-electron chi connectivity index (χ0n) is 7.59. The van der Waals surface area contributed by atoms with E-state index >= 15 is 0 Å². The number of alkyl halides is 2. The molecule has 0 saturated carbocycles. The fourth-order valence-corrected chi connectivity index (χ4v) is 1.59.